The van der Waals surface area contributed by atoms with E-state index in [4.69, 9.17) is 11.6 Å². The molecule has 23 heavy (non-hydrogen) atoms. The van der Waals surface area contributed by atoms with Crippen LogP contribution in [0.15, 0.2) is 59.8 Å². The van der Waals surface area contributed by atoms with Crippen molar-refractivity contribution in [3.63, 3.8) is 0 Å². The van der Waals surface area contributed by atoms with Gasteiger partial charge in [-0.1, -0.05) is 41.9 Å². The number of aryl methyl sites for hydroxylation is 1. The SMILES string of the molecule is Cn1cc(/C=N/NC(=O)Cc2ccc(Cl)cc2)c2ccccc21. The van der Waals surface area contributed by atoms with Crippen LogP contribution in [0, 0.1) is 0 Å². The van der Waals surface area contributed by atoms with Crippen molar-refractivity contribution < 1.29 is 4.79 Å². The highest BCUT2D eigenvalue weighted by Gasteiger charge is 2.04. The molecule has 0 unspecified atom stereocenters. The Balaban J connectivity index is 1.66. The molecule has 1 heterocycles. The molecule has 0 saturated carbocycles. The molecule has 0 spiro atoms. The first-order valence-corrected chi connectivity index (χ1v) is 7.62. The van der Waals surface area contributed by atoms with Crippen molar-refractivity contribution in [3.8, 4) is 0 Å². The third-order valence-corrected chi connectivity index (χ3v) is 3.85. The highest BCUT2D eigenvalue weighted by Crippen LogP contribution is 2.18. The number of hydrazone groups is 1. The number of aromatic nitrogens is 1. The van der Waals surface area contributed by atoms with Crippen molar-refractivity contribution in [1.29, 1.82) is 0 Å². The quantitative estimate of drug-likeness (QED) is 0.579. The first-order chi connectivity index (χ1) is 11.1. The summed E-state index contributed by atoms with van der Waals surface area (Å²) in [6.45, 7) is 0. The van der Waals surface area contributed by atoms with Gasteiger partial charge >= 0.3 is 0 Å². The molecule has 1 N–H and O–H groups in total. The van der Waals surface area contributed by atoms with Gasteiger partial charge in [0.25, 0.3) is 0 Å². The monoisotopic (exact) mass is 325 g/mol. The molecule has 0 aliphatic rings. The zero-order valence-electron chi connectivity index (χ0n) is 12.7. The summed E-state index contributed by atoms with van der Waals surface area (Å²) in [5, 5.41) is 5.81. The van der Waals surface area contributed by atoms with Crippen molar-refractivity contribution in [1.82, 2.24) is 9.99 Å². The number of carbonyl (C=O) groups excluding carboxylic acids is 1. The lowest BCUT2D eigenvalue weighted by molar-refractivity contribution is -0.120. The molecule has 3 aromatic rings. The Morgan fingerprint density at radius 2 is 1.96 bits per heavy atom. The van der Waals surface area contributed by atoms with E-state index in [0.29, 0.717) is 5.02 Å². The van der Waals surface area contributed by atoms with Gasteiger partial charge in [0.2, 0.25) is 5.91 Å². The Morgan fingerprint density at radius 1 is 1.22 bits per heavy atom. The predicted octanol–water partition coefficient (Wildman–Crippen LogP) is 3.52. The number of carbonyl (C=O) groups is 1. The number of nitrogens with one attached hydrogen (secondary N) is 1. The molecule has 0 aliphatic heterocycles. The average molecular weight is 326 g/mol. The first kappa shape index (κ1) is 15.3. The van der Waals surface area contributed by atoms with E-state index in [1.165, 1.54) is 0 Å². The van der Waals surface area contributed by atoms with Gasteiger partial charge in [0.15, 0.2) is 0 Å². The fourth-order valence-corrected chi connectivity index (χ4v) is 2.60. The summed E-state index contributed by atoms with van der Waals surface area (Å²) in [6.07, 6.45) is 3.92. The van der Waals surface area contributed by atoms with Crippen LogP contribution in [0.5, 0.6) is 0 Å². The van der Waals surface area contributed by atoms with Gasteiger partial charge in [0.05, 0.1) is 12.6 Å². The van der Waals surface area contributed by atoms with E-state index < -0.39 is 0 Å². The Morgan fingerprint density at radius 3 is 2.74 bits per heavy atom. The van der Waals surface area contributed by atoms with Crippen LogP contribution in [0.2, 0.25) is 5.02 Å². The number of benzene rings is 2. The molecule has 0 radical (unpaired) electrons. The fraction of sp³-hybridized carbons (Fsp3) is 0.111. The maximum atomic E-state index is 11.9. The summed E-state index contributed by atoms with van der Waals surface area (Å²) in [6, 6.07) is 15.3. The molecule has 4 nitrogen and oxygen atoms in total. The second-order valence-electron chi connectivity index (χ2n) is 5.31. The van der Waals surface area contributed by atoms with Gasteiger partial charge in [-0.15, -0.1) is 0 Å². The van der Waals surface area contributed by atoms with Crippen LogP contribution in [0.25, 0.3) is 10.9 Å². The first-order valence-electron chi connectivity index (χ1n) is 7.24. The molecule has 0 aliphatic carbocycles. The number of rotatable bonds is 4. The summed E-state index contributed by atoms with van der Waals surface area (Å²) in [7, 11) is 1.98. The number of nitrogens with zero attached hydrogens (tertiary/aromatic N) is 2. The number of para-hydroxylation sites is 1. The highest BCUT2D eigenvalue weighted by molar-refractivity contribution is 6.30. The normalized spacial score (nSPS) is 11.2. The maximum absolute atomic E-state index is 11.9. The Hall–Kier alpha value is -2.59. The minimum Gasteiger partial charge on any atom is -0.350 e. The zero-order chi connectivity index (χ0) is 16.2. The van der Waals surface area contributed by atoms with E-state index in [2.05, 4.69) is 10.5 Å². The molecule has 1 aromatic heterocycles. The van der Waals surface area contributed by atoms with Crippen LogP contribution in [0.4, 0.5) is 0 Å². The number of hydrogen-bond acceptors (Lipinski definition) is 2. The third kappa shape index (κ3) is 3.60. The second kappa shape index (κ2) is 6.67. The molecule has 0 saturated heterocycles. The Labute approximate surface area is 139 Å². The Bertz CT molecular complexity index is 866. The smallest absolute Gasteiger partial charge is 0.244 e. The summed E-state index contributed by atoms with van der Waals surface area (Å²) in [4.78, 5) is 11.9. The van der Waals surface area contributed by atoms with Crippen LogP contribution < -0.4 is 5.43 Å². The third-order valence-electron chi connectivity index (χ3n) is 3.60. The van der Waals surface area contributed by atoms with Crippen LogP contribution in [0.1, 0.15) is 11.1 Å². The van der Waals surface area contributed by atoms with Gasteiger partial charge in [-0.3, -0.25) is 4.79 Å². The fourth-order valence-electron chi connectivity index (χ4n) is 2.48. The molecule has 0 fully saturated rings. The molecule has 0 bridgehead atoms. The Kier molecular flexibility index (Phi) is 4.44. The molecule has 116 valence electrons. The zero-order valence-corrected chi connectivity index (χ0v) is 13.4. The van der Waals surface area contributed by atoms with Crippen molar-refractivity contribution in [2.24, 2.45) is 12.1 Å². The minimum absolute atomic E-state index is 0.163. The molecule has 5 heteroatoms. The van der Waals surface area contributed by atoms with Gasteiger partial charge < -0.3 is 4.57 Å². The van der Waals surface area contributed by atoms with E-state index in [0.717, 1.165) is 22.0 Å². The minimum atomic E-state index is -0.163. The van der Waals surface area contributed by atoms with Crippen LogP contribution in [0.3, 0.4) is 0 Å². The topological polar surface area (TPSA) is 46.4 Å². The lowest BCUT2D eigenvalue weighted by atomic mass is 10.1. The van der Waals surface area contributed by atoms with Crippen molar-refractivity contribution in [3.05, 3.63) is 70.9 Å². The van der Waals surface area contributed by atoms with Crippen LogP contribution in [-0.4, -0.2) is 16.7 Å². The summed E-state index contributed by atoms with van der Waals surface area (Å²) in [5.74, 6) is -0.163. The molecule has 3 rings (SSSR count). The largest absolute Gasteiger partial charge is 0.350 e. The molecular weight excluding hydrogens is 310 g/mol. The van der Waals surface area contributed by atoms with Gasteiger partial charge in [0, 0.05) is 34.7 Å². The highest BCUT2D eigenvalue weighted by atomic mass is 35.5. The van der Waals surface area contributed by atoms with Gasteiger partial charge in [-0.05, 0) is 23.8 Å². The average Bonchev–Trinajstić information content (AvgIpc) is 2.87. The van der Waals surface area contributed by atoms with Crippen LogP contribution in [-0.2, 0) is 18.3 Å². The lowest BCUT2D eigenvalue weighted by Crippen LogP contribution is -2.19. The van der Waals surface area contributed by atoms with Crippen LogP contribution >= 0.6 is 11.6 Å². The number of amides is 1. The van der Waals surface area contributed by atoms with Crippen molar-refractivity contribution >= 4 is 34.6 Å². The molecular formula is C18H16ClN3O. The number of hydrogen-bond donors (Lipinski definition) is 1. The molecule has 0 atom stereocenters. The number of fused-ring (bicyclic) bond motifs is 1. The predicted molar refractivity (Wildman–Crippen MR) is 93.8 cm³/mol. The van der Waals surface area contributed by atoms with Crippen molar-refractivity contribution in [2.75, 3.05) is 0 Å². The molecule has 2 aromatic carbocycles. The van der Waals surface area contributed by atoms with Crippen molar-refractivity contribution in [2.45, 2.75) is 6.42 Å². The maximum Gasteiger partial charge on any atom is 0.244 e. The lowest BCUT2D eigenvalue weighted by Gasteiger charge is -2.00. The standard InChI is InChI=1S/C18H16ClN3O/c1-22-12-14(16-4-2-3-5-17(16)22)11-20-21-18(23)10-13-6-8-15(19)9-7-13/h2-9,11-12H,10H2,1H3,(H,21,23)/b20-11+. The molecule has 1 amide bonds. The number of halogens is 1. The van der Waals surface area contributed by atoms with E-state index in [9.17, 15) is 4.79 Å². The van der Waals surface area contributed by atoms with E-state index >= 15 is 0 Å². The van der Waals surface area contributed by atoms with E-state index in [-0.39, 0.29) is 12.3 Å². The summed E-state index contributed by atoms with van der Waals surface area (Å²) >= 11 is 5.82. The van der Waals surface area contributed by atoms with Gasteiger partial charge in [-0.2, -0.15) is 5.10 Å². The summed E-state index contributed by atoms with van der Waals surface area (Å²) in [5.41, 5.74) is 5.55. The van der Waals surface area contributed by atoms with Gasteiger partial charge in [0.1, 0.15) is 0 Å². The van der Waals surface area contributed by atoms with E-state index in [1.54, 1.807) is 18.3 Å². The summed E-state index contributed by atoms with van der Waals surface area (Å²) < 4.78 is 2.03. The van der Waals surface area contributed by atoms with E-state index in [1.807, 2.05) is 54.2 Å². The second-order valence-corrected chi connectivity index (χ2v) is 5.75. The van der Waals surface area contributed by atoms with Gasteiger partial charge in [-0.25, -0.2) is 5.43 Å².